The summed E-state index contributed by atoms with van der Waals surface area (Å²) in [7, 11) is 0. The number of rotatable bonds is 1. The van der Waals surface area contributed by atoms with Gasteiger partial charge in [0.15, 0.2) is 11.6 Å². The molecule has 0 radical (unpaired) electrons. The van der Waals surface area contributed by atoms with E-state index in [9.17, 15) is 13.2 Å². The minimum absolute atomic E-state index is 0.0567. The number of fused-ring (bicyclic) bond motifs is 1. The molecule has 3 rings (SSSR count). The first-order chi connectivity index (χ1) is 9.06. The van der Waals surface area contributed by atoms with E-state index in [1.807, 2.05) is 0 Å². The summed E-state index contributed by atoms with van der Waals surface area (Å²) in [4.78, 5) is 6.94. The zero-order valence-electron chi connectivity index (χ0n) is 9.97. The predicted molar refractivity (Wildman–Crippen MR) is 66.1 cm³/mol. The van der Waals surface area contributed by atoms with E-state index in [1.165, 1.54) is 18.2 Å². The minimum atomic E-state index is -0.986. The number of halogens is 3. The lowest BCUT2D eigenvalue weighted by atomic mass is 10.1. The lowest BCUT2D eigenvalue weighted by Crippen LogP contribution is -1.87. The van der Waals surface area contributed by atoms with Crippen LogP contribution < -0.4 is 0 Å². The summed E-state index contributed by atoms with van der Waals surface area (Å²) in [6, 6.07) is 6.67. The highest BCUT2D eigenvalue weighted by molar-refractivity contribution is 5.80. The van der Waals surface area contributed by atoms with Crippen LogP contribution in [0.3, 0.4) is 0 Å². The molecule has 0 bridgehead atoms. The van der Waals surface area contributed by atoms with Gasteiger partial charge in [-0.25, -0.2) is 18.2 Å². The molecule has 0 aliphatic carbocycles. The number of nitrogens with zero attached hydrogens (tertiary/aromatic N) is 1. The Balaban J connectivity index is 2.23. The van der Waals surface area contributed by atoms with Crippen LogP contribution in [0.25, 0.3) is 22.4 Å². The maximum absolute atomic E-state index is 13.6. The molecule has 1 heterocycles. The van der Waals surface area contributed by atoms with E-state index in [4.69, 9.17) is 0 Å². The molecule has 96 valence electrons. The average molecular weight is 262 g/mol. The van der Waals surface area contributed by atoms with Crippen LogP contribution in [-0.4, -0.2) is 9.97 Å². The van der Waals surface area contributed by atoms with Gasteiger partial charge in [-0.05, 0) is 42.8 Å². The molecule has 0 aliphatic heterocycles. The van der Waals surface area contributed by atoms with Gasteiger partial charge in [-0.1, -0.05) is 0 Å². The van der Waals surface area contributed by atoms with Crippen molar-refractivity contribution in [1.82, 2.24) is 9.97 Å². The Bertz CT molecular complexity index is 778. The second-order valence-electron chi connectivity index (χ2n) is 4.30. The predicted octanol–water partition coefficient (Wildman–Crippen LogP) is 3.96. The van der Waals surface area contributed by atoms with Crippen LogP contribution in [-0.2, 0) is 0 Å². The quantitative estimate of drug-likeness (QED) is 0.706. The minimum Gasteiger partial charge on any atom is -0.338 e. The number of hydrogen-bond donors (Lipinski definition) is 1. The molecule has 0 saturated heterocycles. The number of H-pyrrole nitrogens is 1. The van der Waals surface area contributed by atoms with E-state index in [2.05, 4.69) is 9.97 Å². The lowest BCUT2D eigenvalue weighted by molar-refractivity contribution is 0.515. The Morgan fingerprint density at radius 1 is 1.05 bits per heavy atom. The van der Waals surface area contributed by atoms with E-state index in [-0.39, 0.29) is 11.3 Å². The lowest BCUT2D eigenvalue weighted by Gasteiger charge is -2.01. The molecular formula is C14H9F3N2. The van der Waals surface area contributed by atoms with Gasteiger partial charge in [-0.3, -0.25) is 0 Å². The fraction of sp³-hybridized carbons (Fsp3) is 0.0714. The van der Waals surface area contributed by atoms with Gasteiger partial charge in [0.2, 0.25) is 0 Å². The molecule has 0 unspecified atom stereocenters. The highest BCUT2D eigenvalue weighted by Crippen LogP contribution is 2.26. The Morgan fingerprint density at radius 2 is 1.84 bits per heavy atom. The number of hydrogen-bond acceptors (Lipinski definition) is 1. The van der Waals surface area contributed by atoms with Crippen LogP contribution >= 0.6 is 0 Å². The highest BCUT2D eigenvalue weighted by Gasteiger charge is 2.14. The number of aryl methyl sites for hydroxylation is 1. The molecule has 1 aromatic heterocycles. The fourth-order valence-electron chi connectivity index (χ4n) is 2.04. The molecule has 0 atom stereocenters. The van der Waals surface area contributed by atoms with E-state index in [0.717, 1.165) is 6.07 Å². The summed E-state index contributed by atoms with van der Waals surface area (Å²) in [6.45, 7) is 1.72. The molecule has 0 amide bonds. The van der Waals surface area contributed by atoms with Gasteiger partial charge in [-0.2, -0.15) is 0 Å². The molecule has 5 heteroatoms. The molecule has 3 aromatic rings. The van der Waals surface area contributed by atoms with Crippen molar-refractivity contribution in [2.24, 2.45) is 0 Å². The topological polar surface area (TPSA) is 28.7 Å². The third-order valence-corrected chi connectivity index (χ3v) is 2.99. The summed E-state index contributed by atoms with van der Waals surface area (Å²) in [5, 5.41) is 0. The number of benzene rings is 2. The largest absolute Gasteiger partial charge is 0.338 e. The van der Waals surface area contributed by atoms with Gasteiger partial charge >= 0.3 is 0 Å². The molecule has 1 N–H and O–H groups in total. The van der Waals surface area contributed by atoms with Crippen molar-refractivity contribution in [2.45, 2.75) is 6.92 Å². The van der Waals surface area contributed by atoms with E-state index < -0.39 is 11.6 Å². The molecular weight excluding hydrogens is 253 g/mol. The smallest absolute Gasteiger partial charge is 0.186 e. The van der Waals surface area contributed by atoms with Crippen molar-refractivity contribution in [1.29, 1.82) is 0 Å². The summed E-state index contributed by atoms with van der Waals surface area (Å²) in [6.07, 6.45) is 0. The monoisotopic (exact) mass is 262 g/mol. The van der Waals surface area contributed by atoms with Crippen LogP contribution in [0, 0.1) is 24.4 Å². The normalized spacial score (nSPS) is 11.2. The molecule has 0 fully saturated rings. The van der Waals surface area contributed by atoms with Crippen LogP contribution in [0.1, 0.15) is 5.56 Å². The van der Waals surface area contributed by atoms with Crippen molar-refractivity contribution in [3.8, 4) is 11.4 Å². The summed E-state index contributed by atoms with van der Waals surface area (Å²) < 4.78 is 39.7. The number of aromatic amines is 1. The van der Waals surface area contributed by atoms with Crippen LogP contribution in [0.15, 0.2) is 30.3 Å². The van der Waals surface area contributed by atoms with Crippen molar-refractivity contribution >= 4 is 11.0 Å². The maximum Gasteiger partial charge on any atom is 0.186 e. The Kier molecular flexibility index (Phi) is 2.55. The number of nitrogens with one attached hydrogen (secondary N) is 1. The number of aromatic nitrogens is 2. The first-order valence-corrected chi connectivity index (χ1v) is 5.66. The van der Waals surface area contributed by atoms with E-state index in [0.29, 0.717) is 22.5 Å². The zero-order valence-corrected chi connectivity index (χ0v) is 9.97. The Labute approximate surface area is 106 Å². The summed E-state index contributed by atoms with van der Waals surface area (Å²) in [5.41, 5.74) is 1.66. The summed E-state index contributed by atoms with van der Waals surface area (Å²) in [5.74, 6) is -1.90. The standard InChI is InChI=1S/C14H9F3N2/c1-7-6-8(15)2-3-9(7)14-18-11-5-4-10(16)12(17)13(11)19-14/h2-6H,1H3,(H,18,19). The molecule has 2 aromatic carbocycles. The van der Waals surface area contributed by atoms with Crippen LogP contribution in [0.2, 0.25) is 0 Å². The van der Waals surface area contributed by atoms with E-state index >= 15 is 0 Å². The molecule has 2 nitrogen and oxygen atoms in total. The van der Waals surface area contributed by atoms with E-state index in [1.54, 1.807) is 13.0 Å². The summed E-state index contributed by atoms with van der Waals surface area (Å²) >= 11 is 0. The Morgan fingerprint density at radius 3 is 2.58 bits per heavy atom. The van der Waals surface area contributed by atoms with Gasteiger partial charge in [0.1, 0.15) is 17.2 Å². The molecule has 0 saturated carbocycles. The van der Waals surface area contributed by atoms with Crippen molar-refractivity contribution in [2.75, 3.05) is 0 Å². The average Bonchev–Trinajstić information content (AvgIpc) is 2.78. The number of imidazole rings is 1. The first kappa shape index (κ1) is 11.8. The van der Waals surface area contributed by atoms with Gasteiger partial charge in [-0.15, -0.1) is 0 Å². The fourth-order valence-corrected chi connectivity index (χ4v) is 2.04. The van der Waals surface area contributed by atoms with Crippen molar-refractivity contribution in [3.63, 3.8) is 0 Å². The van der Waals surface area contributed by atoms with Crippen LogP contribution in [0.5, 0.6) is 0 Å². The van der Waals surface area contributed by atoms with Crippen LogP contribution in [0.4, 0.5) is 13.2 Å². The van der Waals surface area contributed by atoms with Gasteiger partial charge in [0.25, 0.3) is 0 Å². The SMILES string of the molecule is Cc1cc(F)ccc1-c1nc2c(F)c(F)ccc2[nH]1. The van der Waals surface area contributed by atoms with Gasteiger partial charge in [0, 0.05) is 5.56 Å². The van der Waals surface area contributed by atoms with Crippen molar-refractivity contribution < 1.29 is 13.2 Å². The highest BCUT2D eigenvalue weighted by atomic mass is 19.2. The maximum atomic E-state index is 13.6. The van der Waals surface area contributed by atoms with Crippen molar-refractivity contribution in [3.05, 3.63) is 53.3 Å². The molecule has 0 aliphatic rings. The Hall–Kier alpha value is -2.30. The third-order valence-electron chi connectivity index (χ3n) is 2.99. The third kappa shape index (κ3) is 1.87. The first-order valence-electron chi connectivity index (χ1n) is 5.66. The second-order valence-corrected chi connectivity index (χ2v) is 4.30. The second kappa shape index (κ2) is 4.12. The molecule has 0 spiro atoms. The zero-order chi connectivity index (χ0) is 13.6. The van der Waals surface area contributed by atoms with Gasteiger partial charge < -0.3 is 4.98 Å². The molecule has 19 heavy (non-hydrogen) atoms. The van der Waals surface area contributed by atoms with Gasteiger partial charge in [0.05, 0.1) is 5.52 Å².